The van der Waals surface area contributed by atoms with Crippen LogP contribution in [0.1, 0.15) is 40.0 Å². The van der Waals surface area contributed by atoms with Crippen molar-refractivity contribution in [3.63, 3.8) is 0 Å². The molecule has 0 unspecified atom stereocenters. The minimum Gasteiger partial charge on any atom is -0.393 e. The molecule has 0 aromatic rings. The fourth-order valence-corrected chi connectivity index (χ4v) is 3.98. The summed E-state index contributed by atoms with van der Waals surface area (Å²) in [5, 5.41) is 12.2. The zero-order chi connectivity index (χ0) is 14.7. The molecule has 19 heavy (non-hydrogen) atoms. The van der Waals surface area contributed by atoms with Crippen LogP contribution in [0.2, 0.25) is 0 Å². The Labute approximate surface area is 110 Å². The third-order valence-corrected chi connectivity index (χ3v) is 5.86. The van der Waals surface area contributed by atoms with E-state index in [1.165, 1.54) is 0 Å². The van der Waals surface area contributed by atoms with Crippen molar-refractivity contribution in [3.8, 4) is 0 Å². The number of aliphatic hydroxyl groups is 1. The van der Waals surface area contributed by atoms with Gasteiger partial charge in [0.25, 0.3) is 0 Å². The summed E-state index contributed by atoms with van der Waals surface area (Å²) in [5.41, 5.74) is -1.79. The summed E-state index contributed by atoms with van der Waals surface area (Å²) >= 11 is 0. The second-order valence-corrected chi connectivity index (χ2v) is 6.64. The topological polar surface area (TPSA) is 49.3 Å². The van der Waals surface area contributed by atoms with Gasteiger partial charge in [-0.05, 0) is 30.1 Å². The van der Waals surface area contributed by atoms with Crippen LogP contribution in [0.4, 0.5) is 13.2 Å². The van der Waals surface area contributed by atoms with E-state index in [1.54, 1.807) is 0 Å². The van der Waals surface area contributed by atoms with Gasteiger partial charge >= 0.3 is 6.18 Å². The molecular formula is C13H20F3NO2. The largest absolute Gasteiger partial charge is 0.405 e. The van der Waals surface area contributed by atoms with Gasteiger partial charge in [-0.1, -0.05) is 20.8 Å². The molecule has 6 heteroatoms. The van der Waals surface area contributed by atoms with Crippen LogP contribution in [0.25, 0.3) is 0 Å². The predicted octanol–water partition coefficient (Wildman–Crippen LogP) is 2.24. The first kappa shape index (κ1) is 14.6. The molecule has 2 fully saturated rings. The van der Waals surface area contributed by atoms with E-state index in [2.05, 4.69) is 0 Å². The fourth-order valence-electron chi connectivity index (χ4n) is 3.98. The number of carbonyl (C=O) groups excluding carboxylic acids is 1. The average molecular weight is 279 g/mol. The first-order valence-electron chi connectivity index (χ1n) is 6.49. The van der Waals surface area contributed by atoms with Gasteiger partial charge in [0, 0.05) is 0 Å². The van der Waals surface area contributed by atoms with Crippen LogP contribution in [-0.4, -0.2) is 29.8 Å². The second-order valence-electron chi connectivity index (χ2n) is 6.64. The second kappa shape index (κ2) is 3.87. The monoisotopic (exact) mass is 279 g/mol. The maximum atomic E-state index is 12.3. The molecule has 0 aliphatic heterocycles. The molecule has 3 atom stereocenters. The lowest BCUT2D eigenvalue weighted by molar-refractivity contribution is -0.148. The van der Waals surface area contributed by atoms with Crippen molar-refractivity contribution >= 4 is 5.91 Å². The van der Waals surface area contributed by atoms with Crippen LogP contribution < -0.4 is 5.32 Å². The standard InChI is InChI=1S/C13H20F3NO2/c1-10(2)11(3)4-5-12(10,6-8(11)18)9(19)17-7-13(14,15)16/h8,18H,4-7H2,1-3H3,(H,17,19)/t8-,11-,12-/m0/s1. The van der Waals surface area contributed by atoms with Crippen LogP contribution in [-0.2, 0) is 4.79 Å². The van der Waals surface area contributed by atoms with E-state index in [0.29, 0.717) is 12.8 Å². The first-order valence-corrected chi connectivity index (χ1v) is 6.49. The molecule has 2 aliphatic rings. The van der Waals surface area contributed by atoms with Crippen molar-refractivity contribution in [2.45, 2.75) is 52.3 Å². The molecule has 2 aliphatic carbocycles. The number of nitrogens with one attached hydrogen (secondary N) is 1. The molecular weight excluding hydrogens is 259 g/mol. The summed E-state index contributed by atoms with van der Waals surface area (Å²) in [6, 6.07) is 0. The summed E-state index contributed by atoms with van der Waals surface area (Å²) in [7, 11) is 0. The summed E-state index contributed by atoms with van der Waals surface area (Å²) in [6.07, 6.45) is -3.58. The molecule has 0 spiro atoms. The van der Waals surface area contributed by atoms with Crippen molar-refractivity contribution in [2.24, 2.45) is 16.2 Å². The Balaban J connectivity index is 2.22. The number of amides is 1. The normalized spacial score (nSPS) is 40.5. The number of fused-ring (bicyclic) bond motifs is 2. The van der Waals surface area contributed by atoms with Gasteiger partial charge in [-0.15, -0.1) is 0 Å². The maximum absolute atomic E-state index is 12.3. The Morgan fingerprint density at radius 2 is 1.89 bits per heavy atom. The Morgan fingerprint density at radius 1 is 1.32 bits per heavy atom. The van der Waals surface area contributed by atoms with E-state index in [9.17, 15) is 23.1 Å². The highest BCUT2D eigenvalue weighted by molar-refractivity contribution is 5.85. The van der Waals surface area contributed by atoms with Gasteiger partial charge in [0.2, 0.25) is 5.91 Å². The van der Waals surface area contributed by atoms with Gasteiger partial charge in [0.05, 0.1) is 11.5 Å². The number of aliphatic hydroxyl groups excluding tert-OH is 1. The van der Waals surface area contributed by atoms with Crippen LogP contribution in [0.5, 0.6) is 0 Å². The number of rotatable bonds is 2. The van der Waals surface area contributed by atoms with Crippen molar-refractivity contribution in [3.05, 3.63) is 0 Å². The predicted molar refractivity (Wildman–Crippen MR) is 63.2 cm³/mol. The van der Waals surface area contributed by atoms with E-state index in [-0.39, 0.29) is 6.42 Å². The molecule has 3 nitrogen and oxygen atoms in total. The minimum absolute atomic E-state index is 0.250. The third-order valence-electron chi connectivity index (χ3n) is 5.86. The lowest BCUT2D eigenvalue weighted by Gasteiger charge is -2.40. The number of hydrogen-bond acceptors (Lipinski definition) is 2. The first-order chi connectivity index (χ1) is 8.46. The van der Waals surface area contributed by atoms with Gasteiger partial charge in [-0.3, -0.25) is 4.79 Å². The van der Waals surface area contributed by atoms with Gasteiger partial charge in [0.1, 0.15) is 6.54 Å². The molecule has 0 heterocycles. The van der Waals surface area contributed by atoms with Crippen molar-refractivity contribution in [1.82, 2.24) is 5.32 Å². The van der Waals surface area contributed by atoms with E-state index in [1.807, 2.05) is 26.1 Å². The van der Waals surface area contributed by atoms with Gasteiger partial charge in [-0.2, -0.15) is 13.2 Å². The zero-order valence-corrected chi connectivity index (χ0v) is 11.4. The lowest BCUT2D eigenvalue weighted by Crippen LogP contribution is -2.48. The maximum Gasteiger partial charge on any atom is 0.405 e. The lowest BCUT2D eigenvalue weighted by atomic mass is 9.64. The van der Waals surface area contributed by atoms with E-state index >= 15 is 0 Å². The van der Waals surface area contributed by atoms with Gasteiger partial charge in [-0.25, -0.2) is 0 Å². The number of alkyl halides is 3. The van der Waals surface area contributed by atoms with Gasteiger partial charge in [0.15, 0.2) is 0 Å². The van der Waals surface area contributed by atoms with Crippen molar-refractivity contribution in [2.75, 3.05) is 6.54 Å². The van der Waals surface area contributed by atoms with E-state index in [0.717, 1.165) is 0 Å². The Morgan fingerprint density at radius 3 is 2.26 bits per heavy atom. The molecule has 0 aromatic heterocycles. The summed E-state index contributed by atoms with van der Waals surface area (Å²) in [4.78, 5) is 12.3. The van der Waals surface area contributed by atoms with Crippen molar-refractivity contribution in [1.29, 1.82) is 0 Å². The molecule has 2 rings (SSSR count). The van der Waals surface area contributed by atoms with Crippen LogP contribution >= 0.6 is 0 Å². The SMILES string of the molecule is CC1(C)[C@@]2(C(=O)NCC(F)(F)F)CC[C@@]1(C)[C@@H](O)C2. The van der Waals surface area contributed by atoms with Crippen LogP contribution in [0.15, 0.2) is 0 Å². The molecule has 0 aromatic carbocycles. The third kappa shape index (κ3) is 1.79. The highest BCUT2D eigenvalue weighted by Crippen LogP contribution is 2.72. The van der Waals surface area contributed by atoms with Crippen molar-refractivity contribution < 1.29 is 23.1 Å². The highest BCUT2D eigenvalue weighted by atomic mass is 19.4. The molecule has 0 saturated heterocycles. The molecule has 2 bridgehead atoms. The molecule has 1 amide bonds. The zero-order valence-electron chi connectivity index (χ0n) is 11.4. The molecule has 2 N–H and O–H groups in total. The van der Waals surface area contributed by atoms with Crippen LogP contribution in [0, 0.1) is 16.2 Å². The fraction of sp³-hybridized carbons (Fsp3) is 0.923. The quantitative estimate of drug-likeness (QED) is 0.814. The number of carbonyl (C=O) groups is 1. The average Bonchev–Trinajstić information content (AvgIpc) is 2.55. The Kier molecular flexibility index (Phi) is 2.98. The van der Waals surface area contributed by atoms with Gasteiger partial charge < -0.3 is 10.4 Å². The Bertz CT molecular complexity index is 407. The highest BCUT2D eigenvalue weighted by Gasteiger charge is 2.72. The van der Waals surface area contributed by atoms with E-state index in [4.69, 9.17) is 0 Å². The Hall–Kier alpha value is -0.780. The number of hydrogen-bond donors (Lipinski definition) is 2. The molecule has 110 valence electrons. The number of halogens is 3. The van der Waals surface area contributed by atoms with E-state index < -0.39 is 41.0 Å². The summed E-state index contributed by atoms with van der Waals surface area (Å²) in [6.45, 7) is 4.37. The minimum atomic E-state index is -4.41. The summed E-state index contributed by atoms with van der Waals surface area (Å²) in [5.74, 6) is -0.574. The molecule has 2 saturated carbocycles. The summed E-state index contributed by atoms with van der Waals surface area (Å²) < 4.78 is 36.7. The molecule has 0 radical (unpaired) electrons. The van der Waals surface area contributed by atoms with Crippen LogP contribution in [0.3, 0.4) is 0 Å². The smallest absolute Gasteiger partial charge is 0.393 e.